The SMILES string of the molecule is Cc1cc2nc(-c3ccc(-c4nnc(-c5ccccc5C)o4)cc3)[nH]c2cc1C. The highest BCUT2D eigenvalue weighted by atomic mass is 16.4. The molecule has 0 amide bonds. The molecule has 0 aliphatic heterocycles. The number of fused-ring (bicyclic) bond motifs is 1. The summed E-state index contributed by atoms with van der Waals surface area (Å²) in [6.07, 6.45) is 0. The van der Waals surface area contributed by atoms with Gasteiger partial charge in [0.05, 0.1) is 11.0 Å². The molecule has 0 spiro atoms. The van der Waals surface area contributed by atoms with Gasteiger partial charge >= 0.3 is 0 Å². The van der Waals surface area contributed by atoms with E-state index in [4.69, 9.17) is 9.40 Å². The molecule has 3 aromatic carbocycles. The molecule has 0 aliphatic carbocycles. The Bertz CT molecular complexity index is 1290. The Morgan fingerprint density at radius 3 is 2.21 bits per heavy atom. The zero-order valence-corrected chi connectivity index (χ0v) is 16.5. The van der Waals surface area contributed by atoms with E-state index in [1.807, 2.05) is 55.5 Å². The molecule has 1 N–H and O–H groups in total. The van der Waals surface area contributed by atoms with E-state index in [-0.39, 0.29) is 0 Å². The Balaban J connectivity index is 1.46. The molecule has 0 bridgehead atoms. The molecule has 2 aromatic heterocycles. The number of hydrogen-bond donors (Lipinski definition) is 1. The minimum absolute atomic E-state index is 0.505. The average Bonchev–Trinajstić information content (AvgIpc) is 3.36. The molecule has 5 nitrogen and oxygen atoms in total. The molecule has 5 rings (SSSR count). The predicted octanol–water partition coefficient (Wildman–Crippen LogP) is 5.87. The maximum atomic E-state index is 5.91. The molecular weight excluding hydrogens is 360 g/mol. The zero-order valence-electron chi connectivity index (χ0n) is 16.5. The summed E-state index contributed by atoms with van der Waals surface area (Å²) in [6.45, 7) is 6.25. The first-order valence-electron chi connectivity index (χ1n) is 9.56. The summed E-state index contributed by atoms with van der Waals surface area (Å²) in [7, 11) is 0. The smallest absolute Gasteiger partial charge is 0.248 e. The van der Waals surface area contributed by atoms with E-state index < -0.39 is 0 Å². The average molecular weight is 380 g/mol. The maximum absolute atomic E-state index is 5.91. The topological polar surface area (TPSA) is 67.6 Å². The molecule has 0 atom stereocenters. The summed E-state index contributed by atoms with van der Waals surface area (Å²) >= 11 is 0. The van der Waals surface area contributed by atoms with Crippen LogP contribution in [0.5, 0.6) is 0 Å². The van der Waals surface area contributed by atoms with Crippen LogP contribution in [0.3, 0.4) is 0 Å². The van der Waals surface area contributed by atoms with E-state index in [1.165, 1.54) is 11.1 Å². The molecule has 0 unspecified atom stereocenters. The summed E-state index contributed by atoms with van der Waals surface area (Å²) in [4.78, 5) is 8.14. The van der Waals surface area contributed by atoms with Crippen LogP contribution < -0.4 is 0 Å². The van der Waals surface area contributed by atoms with E-state index in [2.05, 4.69) is 41.2 Å². The van der Waals surface area contributed by atoms with Gasteiger partial charge in [-0.3, -0.25) is 0 Å². The normalized spacial score (nSPS) is 11.3. The van der Waals surface area contributed by atoms with Gasteiger partial charge in [0.2, 0.25) is 11.8 Å². The van der Waals surface area contributed by atoms with Crippen LogP contribution in [0.25, 0.3) is 45.3 Å². The molecule has 0 radical (unpaired) electrons. The zero-order chi connectivity index (χ0) is 20.0. The van der Waals surface area contributed by atoms with Crippen LogP contribution in [0, 0.1) is 20.8 Å². The van der Waals surface area contributed by atoms with Crippen LogP contribution in [0.4, 0.5) is 0 Å². The lowest BCUT2D eigenvalue weighted by Gasteiger charge is -2.00. The Morgan fingerprint density at radius 2 is 1.41 bits per heavy atom. The third-order valence-corrected chi connectivity index (χ3v) is 5.30. The highest BCUT2D eigenvalue weighted by molar-refractivity contribution is 5.81. The minimum atomic E-state index is 0.505. The first-order chi connectivity index (χ1) is 14.1. The number of hydrogen-bond acceptors (Lipinski definition) is 4. The Hall–Kier alpha value is -3.73. The van der Waals surface area contributed by atoms with E-state index in [9.17, 15) is 0 Å². The van der Waals surface area contributed by atoms with Crippen LogP contribution in [0.1, 0.15) is 16.7 Å². The second-order valence-corrected chi connectivity index (χ2v) is 7.34. The number of aryl methyl sites for hydroxylation is 3. The highest BCUT2D eigenvalue weighted by Crippen LogP contribution is 2.28. The van der Waals surface area contributed by atoms with Crippen molar-refractivity contribution in [3.8, 4) is 34.3 Å². The van der Waals surface area contributed by atoms with Crippen molar-refractivity contribution in [2.45, 2.75) is 20.8 Å². The summed E-state index contributed by atoms with van der Waals surface area (Å²) in [5, 5.41) is 8.43. The Morgan fingerprint density at radius 1 is 0.724 bits per heavy atom. The Kier molecular flexibility index (Phi) is 4.02. The number of aromatic amines is 1. The van der Waals surface area contributed by atoms with Gasteiger partial charge in [0.25, 0.3) is 0 Å². The quantitative estimate of drug-likeness (QED) is 0.425. The third kappa shape index (κ3) is 3.10. The molecule has 5 heteroatoms. The van der Waals surface area contributed by atoms with E-state index >= 15 is 0 Å². The third-order valence-electron chi connectivity index (χ3n) is 5.30. The van der Waals surface area contributed by atoms with E-state index in [0.717, 1.165) is 39.1 Å². The van der Waals surface area contributed by atoms with Crippen LogP contribution >= 0.6 is 0 Å². The number of imidazole rings is 1. The van der Waals surface area contributed by atoms with Crippen LogP contribution in [-0.2, 0) is 0 Å². The lowest BCUT2D eigenvalue weighted by atomic mass is 10.1. The van der Waals surface area contributed by atoms with Crippen molar-refractivity contribution in [1.82, 2.24) is 20.2 Å². The molecule has 5 aromatic rings. The molecule has 0 saturated carbocycles. The van der Waals surface area contributed by atoms with Crippen LogP contribution in [-0.4, -0.2) is 20.2 Å². The largest absolute Gasteiger partial charge is 0.416 e. The van der Waals surface area contributed by atoms with Crippen molar-refractivity contribution < 1.29 is 4.42 Å². The van der Waals surface area contributed by atoms with Gasteiger partial charge < -0.3 is 9.40 Å². The van der Waals surface area contributed by atoms with Gasteiger partial charge in [0.15, 0.2) is 0 Å². The standard InChI is InChI=1S/C24H20N4O/c1-14-6-4-5-7-19(14)24-28-27-23(29-24)18-10-8-17(9-11-18)22-25-20-12-15(2)16(3)13-21(20)26-22/h4-13H,1-3H3,(H,25,26). The predicted molar refractivity (Wildman–Crippen MR) is 114 cm³/mol. The fourth-order valence-corrected chi connectivity index (χ4v) is 3.44. The first kappa shape index (κ1) is 17.4. The van der Waals surface area contributed by atoms with Crippen LogP contribution in [0.2, 0.25) is 0 Å². The second kappa shape index (κ2) is 6.71. The Labute approximate surface area is 168 Å². The van der Waals surface area contributed by atoms with Gasteiger partial charge in [0.1, 0.15) is 5.82 Å². The van der Waals surface area contributed by atoms with Gasteiger partial charge in [-0.1, -0.05) is 30.3 Å². The van der Waals surface area contributed by atoms with Crippen LogP contribution in [0.15, 0.2) is 65.1 Å². The summed E-state index contributed by atoms with van der Waals surface area (Å²) in [5.41, 5.74) is 8.47. The number of nitrogens with one attached hydrogen (secondary N) is 1. The van der Waals surface area contributed by atoms with Gasteiger partial charge in [0, 0.05) is 16.7 Å². The van der Waals surface area contributed by atoms with Crippen molar-refractivity contribution in [2.24, 2.45) is 0 Å². The highest BCUT2D eigenvalue weighted by Gasteiger charge is 2.13. The molecule has 142 valence electrons. The van der Waals surface area contributed by atoms with Crippen molar-refractivity contribution in [2.75, 3.05) is 0 Å². The minimum Gasteiger partial charge on any atom is -0.416 e. The van der Waals surface area contributed by atoms with Crippen molar-refractivity contribution in [3.05, 3.63) is 77.4 Å². The molecule has 2 heterocycles. The van der Waals surface area contributed by atoms with Gasteiger partial charge in [-0.2, -0.15) is 0 Å². The van der Waals surface area contributed by atoms with Gasteiger partial charge in [-0.25, -0.2) is 4.98 Å². The first-order valence-corrected chi connectivity index (χ1v) is 9.56. The monoisotopic (exact) mass is 380 g/mol. The van der Waals surface area contributed by atoms with Gasteiger partial charge in [-0.15, -0.1) is 10.2 Å². The summed E-state index contributed by atoms with van der Waals surface area (Å²) in [6, 6.07) is 20.2. The number of aromatic nitrogens is 4. The second-order valence-electron chi connectivity index (χ2n) is 7.34. The molecule has 0 aliphatic rings. The number of rotatable bonds is 3. The van der Waals surface area contributed by atoms with Gasteiger partial charge in [-0.05, 0) is 67.8 Å². The molecule has 29 heavy (non-hydrogen) atoms. The summed E-state index contributed by atoms with van der Waals surface area (Å²) < 4.78 is 5.91. The van der Waals surface area contributed by atoms with E-state index in [0.29, 0.717) is 11.8 Å². The lowest BCUT2D eigenvalue weighted by Crippen LogP contribution is -1.82. The van der Waals surface area contributed by atoms with Crippen molar-refractivity contribution in [1.29, 1.82) is 0 Å². The number of benzene rings is 3. The van der Waals surface area contributed by atoms with Crippen molar-refractivity contribution >= 4 is 11.0 Å². The summed E-state index contributed by atoms with van der Waals surface area (Å²) in [5.74, 6) is 1.89. The number of H-pyrrole nitrogens is 1. The van der Waals surface area contributed by atoms with Crippen molar-refractivity contribution in [3.63, 3.8) is 0 Å². The van der Waals surface area contributed by atoms with E-state index in [1.54, 1.807) is 0 Å². The molecular formula is C24H20N4O. The fourth-order valence-electron chi connectivity index (χ4n) is 3.44. The fraction of sp³-hybridized carbons (Fsp3) is 0.125. The molecule has 0 saturated heterocycles. The lowest BCUT2D eigenvalue weighted by molar-refractivity contribution is 0.584. The molecule has 0 fully saturated rings. The maximum Gasteiger partial charge on any atom is 0.248 e. The number of nitrogens with zero attached hydrogens (tertiary/aromatic N) is 3.